The largest absolute Gasteiger partial charge is 0.340 e. The Hall–Kier alpha value is -3.41. The van der Waals surface area contributed by atoms with Crippen LogP contribution in [0.2, 0.25) is 0 Å². The lowest BCUT2D eigenvalue weighted by atomic mass is 10.1. The molecule has 2 aromatic carbocycles. The number of nitrogens with one attached hydrogen (secondary N) is 3. The number of hydrogen-bond donors (Lipinski definition) is 3. The SMILES string of the molecule is CC(=O)Nc1cccc(Nc2cc(Nc3c(C)cccc3C)nc(C)n2)c1. The summed E-state index contributed by atoms with van der Waals surface area (Å²) in [7, 11) is 0. The summed E-state index contributed by atoms with van der Waals surface area (Å²) in [6, 6.07) is 15.5. The van der Waals surface area contributed by atoms with Gasteiger partial charge in [0.05, 0.1) is 0 Å². The zero-order valence-corrected chi connectivity index (χ0v) is 15.9. The third-order valence-electron chi connectivity index (χ3n) is 4.03. The predicted octanol–water partition coefficient (Wildman–Crippen LogP) is 4.85. The van der Waals surface area contributed by atoms with Gasteiger partial charge in [0, 0.05) is 30.1 Å². The van der Waals surface area contributed by atoms with E-state index in [0.29, 0.717) is 11.6 Å². The van der Waals surface area contributed by atoms with E-state index >= 15 is 0 Å². The second kappa shape index (κ2) is 7.86. The van der Waals surface area contributed by atoms with Crippen molar-refractivity contribution in [2.45, 2.75) is 27.7 Å². The maximum Gasteiger partial charge on any atom is 0.221 e. The molecule has 3 aromatic rings. The van der Waals surface area contributed by atoms with E-state index in [1.54, 1.807) is 0 Å². The quantitative estimate of drug-likeness (QED) is 0.605. The lowest BCUT2D eigenvalue weighted by Crippen LogP contribution is -2.06. The fourth-order valence-corrected chi connectivity index (χ4v) is 2.86. The van der Waals surface area contributed by atoms with Crippen molar-refractivity contribution in [3.8, 4) is 0 Å². The second-order valence-corrected chi connectivity index (χ2v) is 6.46. The molecule has 0 aliphatic carbocycles. The van der Waals surface area contributed by atoms with Crippen LogP contribution in [-0.2, 0) is 4.79 Å². The molecule has 0 saturated carbocycles. The Labute approximate surface area is 159 Å². The van der Waals surface area contributed by atoms with Gasteiger partial charge < -0.3 is 16.0 Å². The molecular weight excluding hydrogens is 338 g/mol. The number of nitrogens with zero attached hydrogens (tertiary/aromatic N) is 2. The van der Waals surface area contributed by atoms with Gasteiger partial charge in [0.1, 0.15) is 17.5 Å². The summed E-state index contributed by atoms with van der Waals surface area (Å²) in [6.07, 6.45) is 0. The van der Waals surface area contributed by atoms with E-state index in [0.717, 1.165) is 34.0 Å². The molecule has 1 heterocycles. The van der Waals surface area contributed by atoms with Crippen LogP contribution >= 0.6 is 0 Å². The topological polar surface area (TPSA) is 78.9 Å². The van der Waals surface area contributed by atoms with Gasteiger partial charge in [0.2, 0.25) is 5.91 Å². The molecule has 0 saturated heterocycles. The van der Waals surface area contributed by atoms with Gasteiger partial charge in [-0.05, 0) is 50.1 Å². The molecule has 138 valence electrons. The van der Waals surface area contributed by atoms with Gasteiger partial charge in [0.25, 0.3) is 0 Å². The first kappa shape index (κ1) is 18.4. The Morgan fingerprint density at radius 1 is 0.815 bits per heavy atom. The number of amides is 1. The molecule has 0 radical (unpaired) electrons. The summed E-state index contributed by atoms with van der Waals surface area (Å²) in [6.45, 7) is 7.47. The maximum atomic E-state index is 11.2. The van der Waals surface area contributed by atoms with Crippen molar-refractivity contribution >= 4 is 34.6 Å². The van der Waals surface area contributed by atoms with Gasteiger partial charge in [-0.15, -0.1) is 0 Å². The average molecular weight is 361 g/mol. The molecule has 0 atom stereocenters. The highest BCUT2D eigenvalue weighted by Gasteiger charge is 2.07. The summed E-state index contributed by atoms with van der Waals surface area (Å²) in [5, 5.41) is 9.44. The number of rotatable bonds is 5. The first-order chi connectivity index (χ1) is 12.9. The molecule has 0 spiro atoms. The van der Waals surface area contributed by atoms with Crippen molar-refractivity contribution in [1.82, 2.24) is 9.97 Å². The van der Waals surface area contributed by atoms with Crippen LogP contribution in [0.4, 0.5) is 28.7 Å². The molecule has 0 bridgehead atoms. The van der Waals surface area contributed by atoms with E-state index in [4.69, 9.17) is 0 Å². The van der Waals surface area contributed by atoms with Gasteiger partial charge in [0.15, 0.2) is 0 Å². The minimum atomic E-state index is -0.106. The van der Waals surface area contributed by atoms with E-state index in [-0.39, 0.29) is 5.91 Å². The van der Waals surface area contributed by atoms with Gasteiger partial charge in [-0.25, -0.2) is 9.97 Å². The van der Waals surface area contributed by atoms with E-state index in [1.807, 2.05) is 43.3 Å². The summed E-state index contributed by atoms with van der Waals surface area (Å²) >= 11 is 0. The summed E-state index contributed by atoms with van der Waals surface area (Å²) in [5.41, 5.74) is 4.92. The molecule has 0 unspecified atom stereocenters. The van der Waals surface area contributed by atoms with Crippen LogP contribution in [0.25, 0.3) is 0 Å². The number of hydrogen-bond acceptors (Lipinski definition) is 5. The van der Waals surface area contributed by atoms with Crippen molar-refractivity contribution in [1.29, 1.82) is 0 Å². The Morgan fingerprint density at radius 2 is 1.41 bits per heavy atom. The molecular formula is C21H23N5O. The van der Waals surface area contributed by atoms with Crippen molar-refractivity contribution in [3.63, 3.8) is 0 Å². The molecule has 3 N–H and O–H groups in total. The zero-order chi connectivity index (χ0) is 19.4. The first-order valence-corrected chi connectivity index (χ1v) is 8.74. The third kappa shape index (κ3) is 4.82. The highest BCUT2D eigenvalue weighted by atomic mass is 16.1. The normalized spacial score (nSPS) is 10.4. The van der Waals surface area contributed by atoms with Gasteiger partial charge in [-0.2, -0.15) is 0 Å². The molecule has 27 heavy (non-hydrogen) atoms. The van der Waals surface area contributed by atoms with Crippen molar-refractivity contribution in [2.24, 2.45) is 0 Å². The van der Waals surface area contributed by atoms with Crippen LogP contribution in [0.5, 0.6) is 0 Å². The van der Waals surface area contributed by atoms with Crippen LogP contribution in [0.3, 0.4) is 0 Å². The number of para-hydroxylation sites is 1. The molecule has 0 aliphatic rings. The Balaban J connectivity index is 1.85. The second-order valence-electron chi connectivity index (χ2n) is 6.46. The monoisotopic (exact) mass is 361 g/mol. The number of aryl methyl sites for hydroxylation is 3. The molecule has 6 heteroatoms. The fourth-order valence-electron chi connectivity index (χ4n) is 2.86. The van der Waals surface area contributed by atoms with Crippen LogP contribution in [-0.4, -0.2) is 15.9 Å². The Bertz CT molecular complexity index is 964. The van der Waals surface area contributed by atoms with Crippen LogP contribution in [0, 0.1) is 20.8 Å². The van der Waals surface area contributed by atoms with E-state index in [1.165, 1.54) is 6.92 Å². The first-order valence-electron chi connectivity index (χ1n) is 8.74. The number of carbonyl (C=O) groups excluding carboxylic acids is 1. The van der Waals surface area contributed by atoms with Gasteiger partial charge >= 0.3 is 0 Å². The number of anilines is 5. The van der Waals surface area contributed by atoms with E-state index < -0.39 is 0 Å². The summed E-state index contributed by atoms with van der Waals surface area (Å²) in [4.78, 5) is 20.2. The average Bonchev–Trinajstić information content (AvgIpc) is 2.57. The molecule has 0 fully saturated rings. The number of benzene rings is 2. The zero-order valence-electron chi connectivity index (χ0n) is 15.9. The van der Waals surface area contributed by atoms with Crippen LogP contribution < -0.4 is 16.0 Å². The van der Waals surface area contributed by atoms with Crippen LogP contribution in [0.1, 0.15) is 23.9 Å². The maximum absolute atomic E-state index is 11.2. The molecule has 1 amide bonds. The fraction of sp³-hybridized carbons (Fsp3) is 0.190. The lowest BCUT2D eigenvalue weighted by molar-refractivity contribution is -0.114. The Morgan fingerprint density at radius 3 is 2.07 bits per heavy atom. The molecule has 0 aliphatic heterocycles. The molecule has 1 aromatic heterocycles. The van der Waals surface area contributed by atoms with Gasteiger partial charge in [-0.3, -0.25) is 4.79 Å². The number of carbonyl (C=O) groups is 1. The standard InChI is InChI=1S/C21H23N5O/c1-13-7-5-8-14(2)21(13)26-20-12-19(22-15(3)23-20)25-18-10-6-9-17(11-18)24-16(4)27/h5-12H,1-4H3,(H,24,27)(H2,22,23,25,26). The van der Waals surface area contributed by atoms with Crippen molar-refractivity contribution < 1.29 is 4.79 Å². The molecule has 3 rings (SSSR count). The smallest absolute Gasteiger partial charge is 0.221 e. The number of aromatic nitrogens is 2. The van der Waals surface area contributed by atoms with Crippen molar-refractivity contribution in [3.05, 3.63) is 65.5 Å². The van der Waals surface area contributed by atoms with E-state index in [2.05, 4.69) is 51.9 Å². The minimum Gasteiger partial charge on any atom is -0.340 e. The lowest BCUT2D eigenvalue weighted by Gasteiger charge is -2.14. The molecule has 6 nitrogen and oxygen atoms in total. The summed E-state index contributed by atoms with van der Waals surface area (Å²) < 4.78 is 0. The summed E-state index contributed by atoms with van der Waals surface area (Å²) in [5.74, 6) is 1.95. The van der Waals surface area contributed by atoms with Gasteiger partial charge in [-0.1, -0.05) is 24.3 Å². The van der Waals surface area contributed by atoms with Crippen LogP contribution in [0.15, 0.2) is 48.5 Å². The predicted molar refractivity (Wildman–Crippen MR) is 110 cm³/mol. The van der Waals surface area contributed by atoms with Crippen molar-refractivity contribution in [2.75, 3.05) is 16.0 Å². The van der Waals surface area contributed by atoms with E-state index in [9.17, 15) is 4.79 Å². The third-order valence-corrected chi connectivity index (χ3v) is 4.03. The minimum absolute atomic E-state index is 0.106. The Kier molecular flexibility index (Phi) is 5.35. The highest BCUT2D eigenvalue weighted by Crippen LogP contribution is 2.26. The highest BCUT2D eigenvalue weighted by molar-refractivity contribution is 5.89.